The number of hydrogen-bond acceptors (Lipinski definition) is 6. The first-order valence-electron chi connectivity index (χ1n) is 14.3. The molecule has 1 N–H and O–H groups in total. The Hall–Kier alpha value is -3.76. The maximum absolute atomic E-state index is 16.0. The van der Waals surface area contributed by atoms with Gasteiger partial charge in [-0.2, -0.15) is 0 Å². The van der Waals surface area contributed by atoms with E-state index in [2.05, 4.69) is 6.58 Å². The Balaban J connectivity index is 1.53. The summed E-state index contributed by atoms with van der Waals surface area (Å²) in [7, 11) is 0. The van der Waals surface area contributed by atoms with Gasteiger partial charge in [0.25, 0.3) is 5.91 Å². The summed E-state index contributed by atoms with van der Waals surface area (Å²) >= 11 is 0. The van der Waals surface area contributed by atoms with Gasteiger partial charge in [0.2, 0.25) is 5.91 Å². The zero-order valence-corrected chi connectivity index (χ0v) is 24.3. The van der Waals surface area contributed by atoms with Crippen LogP contribution in [0.4, 0.5) is 20.6 Å². The van der Waals surface area contributed by atoms with Gasteiger partial charge < -0.3 is 24.4 Å². The van der Waals surface area contributed by atoms with E-state index in [9.17, 15) is 19.5 Å². The number of cyclic esters (lactones) is 1. The molecule has 9 nitrogen and oxygen atoms in total. The lowest BCUT2D eigenvalue weighted by molar-refractivity contribution is -0.150. The van der Waals surface area contributed by atoms with Crippen LogP contribution >= 0.6 is 0 Å². The first-order valence-corrected chi connectivity index (χ1v) is 14.3. The fourth-order valence-corrected chi connectivity index (χ4v) is 6.86. The molecule has 0 radical (unpaired) electrons. The van der Waals surface area contributed by atoms with E-state index in [1.54, 1.807) is 36.1 Å². The van der Waals surface area contributed by atoms with Gasteiger partial charge >= 0.3 is 6.09 Å². The van der Waals surface area contributed by atoms with Crippen molar-refractivity contribution in [3.05, 3.63) is 72.3 Å². The average molecular weight is 580 g/mol. The molecule has 0 aliphatic carbocycles. The molecule has 3 aliphatic heterocycles. The Labute approximate surface area is 245 Å². The van der Waals surface area contributed by atoms with Gasteiger partial charge in [-0.25, -0.2) is 9.18 Å². The van der Waals surface area contributed by atoms with Crippen molar-refractivity contribution in [1.82, 2.24) is 4.90 Å². The van der Waals surface area contributed by atoms with Crippen LogP contribution in [0.1, 0.15) is 38.3 Å². The Morgan fingerprint density at radius 1 is 1.24 bits per heavy atom. The highest BCUT2D eigenvalue weighted by Gasteiger charge is 2.66. The zero-order chi connectivity index (χ0) is 30.2. The van der Waals surface area contributed by atoms with Gasteiger partial charge in [0.1, 0.15) is 12.3 Å². The lowest BCUT2D eigenvalue weighted by Gasteiger charge is -2.32. The number of ether oxygens (including phenoxy) is 2. The highest BCUT2D eigenvalue weighted by Crippen LogP contribution is 2.58. The van der Waals surface area contributed by atoms with Crippen LogP contribution in [0.15, 0.2) is 61.2 Å². The Morgan fingerprint density at radius 3 is 2.60 bits per heavy atom. The summed E-state index contributed by atoms with van der Waals surface area (Å²) in [6.07, 6.45) is 0.0368. The number of fused-ring (bicyclic) bond motifs is 2. The second-order valence-electron chi connectivity index (χ2n) is 11.7. The number of aliphatic hydroxyl groups excluding tert-OH is 1. The van der Waals surface area contributed by atoms with E-state index in [-0.39, 0.29) is 51.1 Å². The molecule has 2 saturated heterocycles. The summed E-state index contributed by atoms with van der Waals surface area (Å²) in [6, 6.07) is 14.7. The van der Waals surface area contributed by atoms with Crippen LogP contribution < -0.4 is 9.80 Å². The molecule has 0 aromatic heterocycles. The molecule has 10 heteroatoms. The third-order valence-electron chi connectivity index (χ3n) is 8.64. The van der Waals surface area contributed by atoms with E-state index in [0.29, 0.717) is 23.5 Å². The van der Waals surface area contributed by atoms with Crippen molar-refractivity contribution in [1.29, 1.82) is 0 Å². The van der Waals surface area contributed by atoms with Crippen molar-refractivity contribution < 1.29 is 33.4 Å². The number of anilines is 2. The molecule has 2 fully saturated rings. The van der Waals surface area contributed by atoms with Crippen molar-refractivity contribution in [3.63, 3.8) is 0 Å². The highest BCUT2D eigenvalue weighted by molar-refractivity contribution is 6.08. The van der Waals surface area contributed by atoms with Crippen LogP contribution in [0.25, 0.3) is 0 Å². The van der Waals surface area contributed by atoms with Crippen LogP contribution in [0.5, 0.6) is 0 Å². The van der Waals surface area contributed by atoms with Crippen molar-refractivity contribution in [2.45, 2.75) is 51.1 Å². The minimum absolute atomic E-state index is 0.106. The first kappa shape index (κ1) is 29.7. The number of hydrogen-bond donors (Lipinski definition) is 1. The van der Waals surface area contributed by atoms with E-state index >= 15 is 4.39 Å². The number of aliphatic hydroxyl groups is 1. The highest BCUT2D eigenvalue weighted by atomic mass is 19.1. The van der Waals surface area contributed by atoms with Gasteiger partial charge in [-0.3, -0.25) is 14.5 Å². The molecule has 5 rings (SSSR count). The number of amides is 3. The van der Waals surface area contributed by atoms with E-state index in [1.165, 1.54) is 23.6 Å². The summed E-state index contributed by atoms with van der Waals surface area (Å²) < 4.78 is 27.8. The predicted octanol–water partition coefficient (Wildman–Crippen LogP) is 4.18. The van der Waals surface area contributed by atoms with Crippen LogP contribution in [0.2, 0.25) is 0 Å². The molecule has 1 spiro atoms. The third-order valence-corrected chi connectivity index (χ3v) is 8.64. The summed E-state index contributed by atoms with van der Waals surface area (Å²) in [6.45, 7) is 9.48. The SMILES string of the molecule is C=CCN1C(=O)[C@]2(O[C@H](CC(=O)N(CCO)Cc3ccccc3)[C@@H](C(C)(C)F)[C@@H]2C)c2cc(N3CCOC3=O)ccc21. The summed E-state index contributed by atoms with van der Waals surface area (Å²) in [5.41, 5.74) is -0.800. The molecule has 224 valence electrons. The summed E-state index contributed by atoms with van der Waals surface area (Å²) in [5, 5.41) is 9.69. The van der Waals surface area contributed by atoms with Crippen molar-refractivity contribution in [2.24, 2.45) is 11.8 Å². The predicted molar refractivity (Wildman–Crippen MR) is 156 cm³/mol. The van der Waals surface area contributed by atoms with E-state index in [4.69, 9.17) is 9.47 Å². The lowest BCUT2D eigenvalue weighted by atomic mass is 9.71. The maximum Gasteiger partial charge on any atom is 0.414 e. The van der Waals surface area contributed by atoms with Gasteiger partial charge in [0.15, 0.2) is 5.60 Å². The quantitative estimate of drug-likeness (QED) is 0.424. The smallest absolute Gasteiger partial charge is 0.414 e. The van der Waals surface area contributed by atoms with E-state index in [1.807, 2.05) is 30.3 Å². The summed E-state index contributed by atoms with van der Waals surface area (Å²) in [4.78, 5) is 44.9. The number of carbonyl (C=O) groups is 3. The van der Waals surface area contributed by atoms with Gasteiger partial charge in [0.05, 0.1) is 31.4 Å². The van der Waals surface area contributed by atoms with Gasteiger partial charge in [-0.05, 0) is 37.6 Å². The second kappa shape index (κ2) is 11.5. The van der Waals surface area contributed by atoms with Crippen molar-refractivity contribution in [3.8, 4) is 0 Å². The Bertz CT molecular complexity index is 1360. The van der Waals surface area contributed by atoms with Gasteiger partial charge in [-0.15, -0.1) is 6.58 Å². The molecular formula is C32H38FN3O6. The molecule has 0 saturated carbocycles. The van der Waals surface area contributed by atoms with Crippen LogP contribution in [0.3, 0.4) is 0 Å². The largest absolute Gasteiger partial charge is 0.447 e. The van der Waals surface area contributed by atoms with Crippen LogP contribution in [0, 0.1) is 11.8 Å². The van der Waals surface area contributed by atoms with Crippen molar-refractivity contribution >= 4 is 29.3 Å². The van der Waals surface area contributed by atoms with Gasteiger partial charge in [0, 0.05) is 42.7 Å². The number of carbonyl (C=O) groups excluding carboxylic acids is 3. The minimum Gasteiger partial charge on any atom is -0.447 e. The number of halogens is 1. The molecule has 3 heterocycles. The van der Waals surface area contributed by atoms with Gasteiger partial charge in [-0.1, -0.05) is 43.3 Å². The molecule has 0 unspecified atom stereocenters. The first-order chi connectivity index (χ1) is 20.0. The van der Waals surface area contributed by atoms with E-state index < -0.39 is 35.3 Å². The van der Waals surface area contributed by atoms with E-state index in [0.717, 1.165) is 5.56 Å². The number of nitrogens with zero attached hydrogens (tertiary/aromatic N) is 3. The summed E-state index contributed by atoms with van der Waals surface area (Å²) in [5.74, 6) is -2.13. The molecular weight excluding hydrogens is 541 g/mol. The molecule has 0 bridgehead atoms. The Morgan fingerprint density at radius 2 is 1.98 bits per heavy atom. The standard InChI is InChI=1S/C32H38FN3O6/c1-5-13-36-25-12-11-23(35-15-17-41-30(35)40)18-24(25)32(29(36)39)21(2)28(31(3,4)33)26(42-32)19-27(38)34(14-16-37)20-22-9-7-6-8-10-22/h5-12,18,21,26,28,37H,1,13-17,19-20H2,2-4H3/t21-,26+,28-,32+/m0/s1. The molecule has 2 aromatic rings. The van der Waals surface area contributed by atoms with Crippen LogP contribution in [-0.4, -0.2) is 72.5 Å². The molecule has 3 aliphatic rings. The number of rotatable bonds is 10. The second-order valence-corrected chi connectivity index (χ2v) is 11.7. The molecule has 42 heavy (non-hydrogen) atoms. The Kier molecular flexibility index (Phi) is 8.13. The average Bonchev–Trinajstić information content (AvgIpc) is 3.58. The molecule has 4 atom stereocenters. The molecule has 3 amide bonds. The number of benzene rings is 2. The lowest BCUT2D eigenvalue weighted by Crippen LogP contribution is -2.45. The zero-order valence-electron chi connectivity index (χ0n) is 24.3. The third kappa shape index (κ3) is 5.07. The fourth-order valence-electron chi connectivity index (χ4n) is 6.86. The minimum atomic E-state index is -1.79. The topological polar surface area (TPSA) is 99.6 Å². The molecule has 2 aromatic carbocycles. The fraction of sp³-hybridized carbons (Fsp3) is 0.469. The maximum atomic E-state index is 16.0. The van der Waals surface area contributed by atoms with Crippen molar-refractivity contribution in [2.75, 3.05) is 42.6 Å². The monoisotopic (exact) mass is 579 g/mol. The van der Waals surface area contributed by atoms with Crippen LogP contribution in [-0.2, 0) is 31.2 Å². The number of alkyl halides is 1. The normalized spacial score (nSPS) is 25.2.